The number of carbonyl (C=O) groups excluding carboxylic acids is 1. The molecule has 39 heavy (non-hydrogen) atoms. The molecule has 0 aromatic heterocycles. The predicted octanol–water partition coefficient (Wildman–Crippen LogP) is 6.25. The van der Waals surface area contributed by atoms with Gasteiger partial charge in [0.2, 0.25) is 0 Å². The third-order valence-corrected chi connectivity index (χ3v) is 19.8. The van der Waals surface area contributed by atoms with Crippen molar-refractivity contribution in [1.29, 1.82) is 0 Å². The molecule has 2 rings (SSSR count). The van der Waals surface area contributed by atoms with Gasteiger partial charge in [-0.2, -0.15) is 0 Å². The number of methoxy groups -OCH3 is 1. The summed E-state index contributed by atoms with van der Waals surface area (Å²) >= 11 is 0. The van der Waals surface area contributed by atoms with Crippen LogP contribution in [0.2, 0.25) is 36.3 Å². The monoisotopic (exact) mass is 600 g/mol. The van der Waals surface area contributed by atoms with Crippen molar-refractivity contribution < 1.29 is 31.5 Å². The topological polar surface area (TPSA) is 88.1 Å². The molecule has 1 aliphatic heterocycles. The van der Waals surface area contributed by atoms with Crippen molar-refractivity contribution in [3.8, 4) is 0 Å². The molecule has 0 spiro atoms. The zero-order valence-corrected chi connectivity index (χ0v) is 28.8. The molecule has 1 saturated heterocycles. The maximum absolute atomic E-state index is 13.3. The van der Waals surface area contributed by atoms with Crippen LogP contribution in [0.4, 0.5) is 0 Å². The van der Waals surface area contributed by atoms with Crippen LogP contribution in [0.15, 0.2) is 35.2 Å². The molecule has 0 N–H and O–H groups in total. The molecule has 1 aromatic rings. The van der Waals surface area contributed by atoms with Gasteiger partial charge in [0.1, 0.15) is 6.29 Å². The predicted molar refractivity (Wildman–Crippen MR) is 162 cm³/mol. The van der Waals surface area contributed by atoms with E-state index in [9.17, 15) is 13.2 Å². The molecule has 2 unspecified atom stereocenters. The summed E-state index contributed by atoms with van der Waals surface area (Å²) in [6.07, 6.45) is -0.307. The maximum Gasteiger partial charge on any atom is 0.192 e. The Morgan fingerprint density at radius 2 is 1.51 bits per heavy atom. The average molecular weight is 601 g/mol. The van der Waals surface area contributed by atoms with E-state index >= 15 is 0 Å². The van der Waals surface area contributed by atoms with E-state index in [2.05, 4.69) is 67.7 Å². The molecule has 10 heteroatoms. The number of aldehydes is 1. The van der Waals surface area contributed by atoms with E-state index in [-0.39, 0.29) is 33.2 Å². The Bertz CT molecular complexity index is 1030. The van der Waals surface area contributed by atoms with Crippen molar-refractivity contribution in [3.63, 3.8) is 0 Å². The summed E-state index contributed by atoms with van der Waals surface area (Å²) in [4.78, 5) is 11.8. The molecule has 1 aromatic carbocycles. The molecular formula is C29H52O7SSi2. The number of ether oxygens (including phenoxy) is 2. The molecule has 0 saturated carbocycles. The van der Waals surface area contributed by atoms with Crippen LogP contribution in [0, 0.1) is 5.92 Å². The van der Waals surface area contributed by atoms with Crippen LogP contribution < -0.4 is 0 Å². The zero-order chi connectivity index (χ0) is 29.9. The van der Waals surface area contributed by atoms with Crippen LogP contribution in [-0.2, 0) is 33.0 Å². The molecule has 0 amide bonds. The fourth-order valence-electron chi connectivity index (χ4n) is 4.43. The number of benzene rings is 1. The van der Waals surface area contributed by atoms with Crippen LogP contribution in [0.1, 0.15) is 54.4 Å². The average Bonchev–Trinajstić information content (AvgIpc) is 3.11. The van der Waals surface area contributed by atoms with Crippen molar-refractivity contribution in [2.45, 2.75) is 120 Å². The van der Waals surface area contributed by atoms with Crippen molar-refractivity contribution in [2.24, 2.45) is 5.92 Å². The van der Waals surface area contributed by atoms with E-state index < -0.39 is 50.7 Å². The highest BCUT2D eigenvalue weighted by atomic mass is 32.2. The van der Waals surface area contributed by atoms with E-state index in [1.807, 2.05) is 0 Å². The SMILES string of the molecule is CO[C@@H]1C(CS(=O)(=O)c2ccccc2)[C@H](CC=O)O[C@@H]1CC(CO[Si](C)(C)C(C)(C)C)O[Si](C)(C)C(C)(C)C. The summed E-state index contributed by atoms with van der Waals surface area (Å²) in [6.45, 7) is 22.6. The van der Waals surface area contributed by atoms with Gasteiger partial charge in [0.15, 0.2) is 26.5 Å². The molecule has 1 fully saturated rings. The van der Waals surface area contributed by atoms with E-state index in [4.69, 9.17) is 18.3 Å². The fourth-order valence-corrected chi connectivity index (χ4v) is 8.49. The first-order valence-electron chi connectivity index (χ1n) is 14.0. The minimum Gasteiger partial charge on any atom is -0.414 e. The number of sulfone groups is 1. The molecule has 1 heterocycles. The Morgan fingerprint density at radius 1 is 0.949 bits per heavy atom. The van der Waals surface area contributed by atoms with Crippen molar-refractivity contribution in [3.05, 3.63) is 30.3 Å². The minimum atomic E-state index is -3.60. The lowest BCUT2D eigenvalue weighted by atomic mass is 9.94. The molecular weight excluding hydrogens is 549 g/mol. The van der Waals surface area contributed by atoms with Gasteiger partial charge in [-0.05, 0) is 48.4 Å². The molecule has 224 valence electrons. The third-order valence-electron chi connectivity index (χ3n) is 8.93. The molecule has 0 aliphatic carbocycles. The lowest BCUT2D eigenvalue weighted by Gasteiger charge is -2.42. The summed E-state index contributed by atoms with van der Waals surface area (Å²) in [5, 5.41) is 0.0607. The zero-order valence-electron chi connectivity index (χ0n) is 25.9. The second kappa shape index (κ2) is 13.0. The standard InChI is InChI=1S/C29H52O7SSi2/c1-28(2,3)38(8,9)34-20-22(36-39(10,11)29(4,5)6)19-26-27(33-7)24(25(35-26)17-18-30)21-37(31,32)23-15-13-12-14-16-23/h12-16,18,22,24-27H,17,19-21H2,1-11H3/t22?,24?,25-,26+,27+/m0/s1. The largest absolute Gasteiger partial charge is 0.414 e. The molecule has 0 radical (unpaired) electrons. The van der Waals surface area contributed by atoms with Gasteiger partial charge < -0.3 is 23.1 Å². The highest BCUT2D eigenvalue weighted by Gasteiger charge is 2.49. The number of rotatable bonds is 13. The highest BCUT2D eigenvalue weighted by molar-refractivity contribution is 7.91. The Hall–Kier alpha value is -0.886. The first-order chi connectivity index (χ1) is 17.8. The van der Waals surface area contributed by atoms with E-state index in [1.165, 1.54) is 0 Å². The second-order valence-electron chi connectivity index (χ2n) is 13.9. The van der Waals surface area contributed by atoms with Crippen molar-refractivity contribution in [1.82, 2.24) is 0 Å². The number of carbonyl (C=O) groups is 1. The van der Waals surface area contributed by atoms with Crippen LogP contribution in [0.5, 0.6) is 0 Å². The van der Waals surface area contributed by atoms with Gasteiger partial charge in [-0.3, -0.25) is 0 Å². The molecule has 7 nitrogen and oxygen atoms in total. The van der Waals surface area contributed by atoms with E-state index in [1.54, 1.807) is 37.4 Å². The van der Waals surface area contributed by atoms with Crippen molar-refractivity contribution >= 4 is 32.8 Å². The number of hydrogen-bond acceptors (Lipinski definition) is 7. The first-order valence-corrected chi connectivity index (χ1v) is 21.4. The Balaban J connectivity index is 2.35. The van der Waals surface area contributed by atoms with Gasteiger partial charge >= 0.3 is 0 Å². The van der Waals surface area contributed by atoms with E-state index in [0.717, 1.165) is 6.29 Å². The normalized spacial score (nSPS) is 24.1. The van der Waals surface area contributed by atoms with Crippen LogP contribution >= 0.6 is 0 Å². The fraction of sp³-hybridized carbons (Fsp3) is 0.759. The smallest absolute Gasteiger partial charge is 0.192 e. The van der Waals surface area contributed by atoms with Crippen molar-refractivity contribution in [2.75, 3.05) is 19.5 Å². The molecule has 5 atom stereocenters. The summed E-state index contributed by atoms with van der Waals surface area (Å²) in [6, 6.07) is 8.40. The summed E-state index contributed by atoms with van der Waals surface area (Å²) in [5.74, 6) is -0.635. The van der Waals surface area contributed by atoms with Gasteiger partial charge in [0.05, 0.1) is 41.7 Å². The summed E-state index contributed by atoms with van der Waals surface area (Å²) in [5.41, 5.74) is 0. The second-order valence-corrected chi connectivity index (χ2v) is 25.5. The van der Waals surface area contributed by atoms with Crippen LogP contribution in [0.3, 0.4) is 0 Å². The van der Waals surface area contributed by atoms with Gasteiger partial charge in [0, 0.05) is 25.9 Å². The Morgan fingerprint density at radius 3 is 2.00 bits per heavy atom. The summed E-state index contributed by atoms with van der Waals surface area (Å²) in [7, 11) is -6.22. The molecule has 0 bridgehead atoms. The maximum atomic E-state index is 13.3. The highest BCUT2D eigenvalue weighted by Crippen LogP contribution is 2.41. The van der Waals surface area contributed by atoms with Crippen LogP contribution in [0.25, 0.3) is 0 Å². The minimum absolute atomic E-state index is 0.00572. The lowest BCUT2D eigenvalue weighted by Crippen LogP contribution is -2.49. The Kier molecular flexibility index (Phi) is 11.4. The van der Waals surface area contributed by atoms with E-state index in [0.29, 0.717) is 13.0 Å². The Labute approximate surface area is 239 Å². The van der Waals surface area contributed by atoms with Gasteiger partial charge in [-0.25, -0.2) is 8.42 Å². The third kappa shape index (κ3) is 8.80. The van der Waals surface area contributed by atoms with Gasteiger partial charge in [-0.1, -0.05) is 59.7 Å². The van der Waals surface area contributed by atoms with Gasteiger partial charge in [-0.15, -0.1) is 0 Å². The lowest BCUT2D eigenvalue weighted by molar-refractivity contribution is -0.111. The molecule has 1 aliphatic rings. The van der Waals surface area contributed by atoms with Crippen LogP contribution in [-0.4, -0.2) is 75.2 Å². The quantitative estimate of drug-likeness (QED) is 0.195. The number of hydrogen-bond donors (Lipinski definition) is 0. The summed E-state index contributed by atoms with van der Waals surface area (Å²) < 4.78 is 52.4. The first kappa shape index (κ1) is 34.3. The van der Waals surface area contributed by atoms with Gasteiger partial charge in [0.25, 0.3) is 0 Å².